The van der Waals surface area contributed by atoms with Crippen molar-refractivity contribution in [1.29, 1.82) is 0 Å². The summed E-state index contributed by atoms with van der Waals surface area (Å²) in [5.74, 6) is 1.42. The molecule has 2 aliphatic rings. The van der Waals surface area contributed by atoms with Gasteiger partial charge in [0.25, 0.3) is 0 Å². The molecule has 2 nitrogen and oxygen atoms in total. The Morgan fingerprint density at radius 1 is 0.917 bits per heavy atom. The van der Waals surface area contributed by atoms with Gasteiger partial charge in [0.2, 0.25) is 0 Å². The number of nitrogens with zero attached hydrogens (tertiary/aromatic N) is 2. The maximum absolute atomic E-state index is 2.30. The Morgan fingerprint density at radius 3 is 1.67 bits per heavy atom. The van der Waals surface area contributed by atoms with Crippen LogP contribution in [0.15, 0.2) is 22.8 Å². The normalized spacial score (nSPS) is 23.0. The first-order valence-corrected chi connectivity index (χ1v) is 4.50. The van der Waals surface area contributed by atoms with Crippen molar-refractivity contribution in [1.82, 2.24) is 9.80 Å². The van der Waals surface area contributed by atoms with Gasteiger partial charge in [-0.05, 0) is 32.3 Å². The van der Waals surface area contributed by atoms with Crippen LogP contribution in [0.25, 0.3) is 0 Å². The van der Waals surface area contributed by atoms with E-state index in [0.29, 0.717) is 0 Å². The fourth-order valence-electron chi connectivity index (χ4n) is 1.79. The van der Waals surface area contributed by atoms with E-state index in [-0.39, 0.29) is 0 Å². The predicted octanol–water partition coefficient (Wildman–Crippen LogP) is 2.12. The quantitative estimate of drug-likeness (QED) is 0.541. The van der Waals surface area contributed by atoms with Crippen LogP contribution in [0.5, 0.6) is 0 Å². The van der Waals surface area contributed by atoms with Gasteiger partial charge in [0, 0.05) is 25.5 Å². The second-order valence-electron chi connectivity index (χ2n) is 3.72. The summed E-state index contributed by atoms with van der Waals surface area (Å²) in [6.07, 6.45) is 2.59. The largest absolute Gasteiger partial charge is 0.333 e. The van der Waals surface area contributed by atoms with E-state index in [1.807, 2.05) is 0 Å². The molecule has 2 rings (SSSR count). The molecule has 0 aromatic carbocycles. The zero-order valence-corrected chi connectivity index (χ0v) is 8.31. The number of rotatable bonds is 0. The van der Waals surface area contributed by atoms with Gasteiger partial charge < -0.3 is 9.80 Å². The van der Waals surface area contributed by atoms with Gasteiger partial charge in [-0.15, -0.1) is 0 Å². The molecule has 1 aliphatic carbocycles. The van der Waals surface area contributed by atoms with Crippen LogP contribution in [-0.2, 0) is 0 Å². The van der Waals surface area contributed by atoms with Gasteiger partial charge in [-0.3, -0.25) is 0 Å². The SMILES string of the molecule is CC1=C(C)N(C)C(=C2CC2)N1C. The highest BCUT2D eigenvalue weighted by Gasteiger charge is 2.30. The van der Waals surface area contributed by atoms with E-state index in [0.717, 1.165) is 0 Å². The number of hydrogen-bond donors (Lipinski definition) is 0. The summed E-state index contributed by atoms with van der Waals surface area (Å²) >= 11 is 0. The van der Waals surface area contributed by atoms with Crippen LogP contribution in [0.1, 0.15) is 26.7 Å². The average Bonchev–Trinajstić information content (AvgIpc) is 2.82. The lowest BCUT2D eigenvalue weighted by Crippen LogP contribution is -2.18. The lowest BCUT2D eigenvalue weighted by atomic mass is 10.4. The molecule has 0 unspecified atom stereocenters. The third-order valence-electron chi connectivity index (χ3n) is 2.98. The highest BCUT2D eigenvalue weighted by atomic mass is 15.4. The summed E-state index contributed by atoms with van der Waals surface area (Å²) in [5.41, 5.74) is 4.37. The molecule has 1 heterocycles. The molecule has 1 aliphatic heterocycles. The molecule has 0 bridgehead atoms. The van der Waals surface area contributed by atoms with Crippen LogP contribution < -0.4 is 0 Å². The molecule has 0 amide bonds. The van der Waals surface area contributed by atoms with Crippen LogP contribution in [-0.4, -0.2) is 23.9 Å². The van der Waals surface area contributed by atoms with Gasteiger partial charge in [0.1, 0.15) is 5.82 Å². The van der Waals surface area contributed by atoms with E-state index >= 15 is 0 Å². The molecule has 1 saturated carbocycles. The zero-order valence-electron chi connectivity index (χ0n) is 8.31. The topological polar surface area (TPSA) is 6.48 Å². The molecule has 0 saturated heterocycles. The van der Waals surface area contributed by atoms with Gasteiger partial charge >= 0.3 is 0 Å². The molecule has 0 aromatic rings. The highest BCUT2D eigenvalue weighted by Crippen LogP contribution is 2.39. The fourth-order valence-corrected chi connectivity index (χ4v) is 1.79. The van der Waals surface area contributed by atoms with Gasteiger partial charge in [-0.1, -0.05) is 0 Å². The Labute approximate surface area is 74.2 Å². The predicted molar refractivity (Wildman–Crippen MR) is 50.2 cm³/mol. The van der Waals surface area contributed by atoms with E-state index in [9.17, 15) is 0 Å². The van der Waals surface area contributed by atoms with Crippen molar-refractivity contribution >= 4 is 0 Å². The maximum Gasteiger partial charge on any atom is 0.111 e. The average molecular weight is 164 g/mol. The van der Waals surface area contributed by atoms with Crippen molar-refractivity contribution in [2.24, 2.45) is 0 Å². The summed E-state index contributed by atoms with van der Waals surface area (Å²) in [5, 5.41) is 0. The molecule has 0 radical (unpaired) electrons. The van der Waals surface area contributed by atoms with E-state index in [1.165, 1.54) is 30.1 Å². The maximum atomic E-state index is 2.30. The monoisotopic (exact) mass is 164 g/mol. The summed E-state index contributed by atoms with van der Waals surface area (Å²) in [7, 11) is 4.31. The molecule has 1 fully saturated rings. The zero-order chi connectivity index (χ0) is 8.88. The van der Waals surface area contributed by atoms with Gasteiger partial charge in [0.05, 0.1) is 0 Å². The third kappa shape index (κ3) is 0.872. The first kappa shape index (κ1) is 7.71. The molecular formula is C10H16N2. The number of hydrogen-bond acceptors (Lipinski definition) is 2. The van der Waals surface area contributed by atoms with E-state index < -0.39 is 0 Å². The minimum atomic E-state index is 1.30. The van der Waals surface area contributed by atoms with E-state index in [4.69, 9.17) is 0 Å². The van der Waals surface area contributed by atoms with Crippen LogP contribution in [0.2, 0.25) is 0 Å². The van der Waals surface area contributed by atoms with Gasteiger partial charge in [0.15, 0.2) is 0 Å². The molecule has 66 valence electrons. The molecule has 2 heteroatoms. The smallest absolute Gasteiger partial charge is 0.111 e. The fraction of sp³-hybridized carbons (Fsp3) is 0.600. The van der Waals surface area contributed by atoms with Crippen LogP contribution in [0.4, 0.5) is 0 Å². The lowest BCUT2D eigenvalue weighted by molar-refractivity contribution is 0.419. The van der Waals surface area contributed by atoms with E-state index in [1.54, 1.807) is 5.57 Å². The number of allylic oxidation sites excluding steroid dienone is 3. The Morgan fingerprint density at radius 2 is 1.33 bits per heavy atom. The minimum Gasteiger partial charge on any atom is -0.333 e. The molecule has 0 atom stereocenters. The first-order chi connectivity index (χ1) is 5.63. The van der Waals surface area contributed by atoms with E-state index in [2.05, 4.69) is 37.7 Å². The second kappa shape index (κ2) is 2.28. The highest BCUT2D eigenvalue weighted by molar-refractivity contribution is 5.34. The molecular weight excluding hydrogens is 148 g/mol. The minimum absolute atomic E-state index is 1.30. The van der Waals surface area contributed by atoms with Crippen molar-refractivity contribution in [3.63, 3.8) is 0 Å². The molecule has 0 N–H and O–H groups in total. The molecule has 0 aromatic heterocycles. The summed E-state index contributed by atoms with van der Waals surface area (Å²) in [4.78, 5) is 4.61. The van der Waals surface area contributed by atoms with Gasteiger partial charge in [-0.25, -0.2) is 0 Å². The summed E-state index contributed by atoms with van der Waals surface area (Å²) in [6, 6.07) is 0. The molecule has 12 heavy (non-hydrogen) atoms. The second-order valence-corrected chi connectivity index (χ2v) is 3.72. The Bertz CT molecular complexity index is 260. The summed E-state index contributed by atoms with van der Waals surface area (Å²) < 4.78 is 0. The Kier molecular flexibility index (Phi) is 1.47. The van der Waals surface area contributed by atoms with Crippen molar-refractivity contribution < 1.29 is 0 Å². The Balaban J connectivity index is 2.40. The first-order valence-electron chi connectivity index (χ1n) is 4.50. The van der Waals surface area contributed by atoms with Crippen LogP contribution in [0, 0.1) is 0 Å². The lowest BCUT2D eigenvalue weighted by Gasteiger charge is -2.20. The van der Waals surface area contributed by atoms with Crippen molar-refractivity contribution in [2.75, 3.05) is 14.1 Å². The van der Waals surface area contributed by atoms with Gasteiger partial charge in [-0.2, -0.15) is 0 Å². The van der Waals surface area contributed by atoms with Crippen molar-refractivity contribution in [3.8, 4) is 0 Å². The van der Waals surface area contributed by atoms with Crippen LogP contribution >= 0.6 is 0 Å². The van der Waals surface area contributed by atoms with Crippen molar-refractivity contribution in [2.45, 2.75) is 26.7 Å². The van der Waals surface area contributed by atoms with Crippen LogP contribution in [0.3, 0.4) is 0 Å². The molecule has 0 spiro atoms. The Hall–Kier alpha value is -0.920. The standard InChI is InChI=1S/C10H16N2/c1-7-8(2)12(4)10(11(7)3)9-5-6-9/h5-6H2,1-4H3. The van der Waals surface area contributed by atoms with Crippen molar-refractivity contribution in [3.05, 3.63) is 22.8 Å². The third-order valence-corrected chi connectivity index (χ3v) is 2.98. The summed E-state index contributed by atoms with van der Waals surface area (Å²) in [6.45, 7) is 4.36.